The predicted molar refractivity (Wildman–Crippen MR) is 238 cm³/mol. The first-order chi connectivity index (χ1) is 27.7. The highest BCUT2D eigenvalue weighted by Crippen LogP contribution is 2.44. The molecule has 0 aliphatic heterocycles. The van der Waals surface area contributed by atoms with Crippen molar-refractivity contribution < 1.29 is 0 Å². The third-order valence-corrected chi connectivity index (χ3v) is 12.9. The van der Waals surface area contributed by atoms with Gasteiger partial charge in [0.05, 0.1) is 0 Å². The van der Waals surface area contributed by atoms with Gasteiger partial charge in [0.2, 0.25) is 0 Å². The zero-order chi connectivity index (χ0) is 37.0. The highest BCUT2D eigenvalue weighted by molar-refractivity contribution is 7.26. The normalized spacial score (nSPS) is 11.6. The van der Waals surface area contributed by atoms with Gasteiger partial charge in [0.15, 0.2) is 17.5 Å². The molecule has 3 aromatic heterocycles. The molecule has 11 rings (SSSR count). The van der Waals surface area contributed by atoms with Crippen molar-refractivity contribution in [2.75, 3.05) is 0 Å². The number of nitrogens with zero attached hydrogens (tertiary/aromatic N) is 3. The molecule has 3 heterocycles. The molecule has 0 bridgehead atoms. The highest BCUT2D eigenvalue weighted by atomic mass is 32.1. The molecule has 0 atom stereocenters. The summed E-state index contributed by atoms with van der Waals surface area (Å²) in [5.74, 6) is 1.97. The molecule has 56 heavy (non-hydrogen) atoms. The van der Waals surface area contributed by atoms with E-state index in [-0.39, 0.29) is 0 Å². The fourth-order valence-electron chi connectivity index (χ4n) is 7.82. The van der Waals surface area contributed by atoms with Crippen LogP contribution in [0.25, 0.3) is 108 Å². The van der Waals surface area contributed by atoms with Gasteiger partial charge in [-0.3, -0.25) is 0 Å². The maximum atomic E-state index is 5.25. The number of aromatic nitrogens is 3. The molecular formula is C51H31N3S2. The van der Waals surface area contributed by atoms with E-state index in [1.807, 2.05) is 0 Å². The summed E-state index contributed by atoms with van der Waals surface area (Å²) in [6, 6.07) is 66.8. The molecule has 8 aromatic carbocycles. The number of thiophene rings is 2. The Bertz CT molecular complexity index is 3240. The lowest BCUT2D eigenvalue weighted by molar-refractivity contribution is 1.08. The SMILES string of the molecule is c1ccc(-c2cccc(-c3ccc(-c4nc(-c5ccc6c(c5)sc5ccccc56)nc(-c5cccc6c5sc5cccc(-c7ccccc7)c56)n4)cc3)c2)cc1. The Morgan fingerprint density at radius 2 is 0.821 bits per heavy atom. The van der Waals surface area contributed by atoms with E-state index < -0.39 is 0 Å². The zero-order valence-electron chi connectivity index (χ0n) is 30.1. The fourth-order valence-corrected chi connectivity index (χ4v) is 10.2. The van der Waals surface area contributed by atoms with Crippen molar-refractivity contribution in [3.8, 4) is 67.5 Å². The van der Waals surface area contributed by atoms with Crippen LogP contribution < -0.4 is 0 Å². The van der Waals surface area contributed by atoms with Crippen molar-refractivity contribution in [3.05, 3.63) is 188 Å². The van der Waals surface area contributed by atoms with Crippen LogP contribution in [0.1, 0.15) is 0 Å². The van der Waals surface area contributed by atoms with Crippen molar-refractivity contribution in [2.45, 2.75) is 0 Å². The molecule has 3 nitrogen and oxygen atoms in total. The summed E-state index contributed by atoms with van der Waals surface area (Å²) in [5.41, 5.74) is 10.1. The van der Waals surface area contributed by atoms with Gasteiger partial charge in [-0.2, -0.15) is 0 Å². The van der Waals surface area contributed by atoms with Gasteiger partial charge in [0.1, 0.15) is 0 Å². The molecule has 0 fully saturated rings. The third-order valence-electron chi connectivity index (χ3n) is 10.6. The number of hydrogen-bond acceptors (Lipinski definition) is 5. The zero-order valence-corrected chi connectivity index (χ0v) is 31.7. The van der Waals surface area contributed by atoms with Gasteiger partial charge < -0.3 is 0 Å². The number of hydrogen-bond donors (Lipinski definition) is 0. The van der Waals surface area contributed by atoms with Crippen LogP contribution in [0.15, 0.2) is 188 Å². The van der Waals surface area contributed by atoms with Gasteiger partial charge in [-0.25, -0.2) is 15.0 Å². The maximum absolute atomic E-state index is 5.25. The van der Waals surface area contributed by atoms with Crippen LogP contribution in [0.2, 0.25) is 0 Å². The lowest BCUT2D eigenvalue weighted by Crippen LogP contribution is -2.00. The molecule has 262 valence electrons. The van der Waals surface area contributed by atoms with Crippen LogP contribution >= 0.6 is 22.7 Å². The second kappa shape index (κ2) is 13.5. The van der Waals surface area contributed by atoms with Crippen molar-refractivity contribution in [3.63, 3.8) is 0 Å². The minimum atomic E-state index is 0.647. The Morgan fingerprint density at radius 3 is 1.62 bits per heavy atom. The van der Waals surface area contributed by atoms with Gasteiger partial charge in [-0.1, -0.05) is 158 Å². The molecule has 11 aromatic rings. The Morgan fingerprint density at radius 1 is 0.286 bits per heavy atom. The standard InChI is InChI=1S/C51H31N3S2/c1-3-12-32(13-4-1)36-16-9-17-37(30-36)33-24-26-35(27-25-33)49-52-50(38-28-29-41-40-18-7-8-22-44(40)55-46(41)31-38)54-51(53-49)43-21-10-20-42-47-39(34-14-5-2-6-15-34)19-11-23-45(47)56-48(42)43/h1-31H. The van der Waals surface area contributed by atoms with E-state index in [0.717, 1.165) is 27.8 Å². The number of fused-ring (bicyclic) bond motifs is 6. The first kappa shape index (κ1) is 32.6. The second-order valence-electron chi connectivity index (χ2n) is 14.0. The molecule has 0 saturated carbocycles. The lowest BCUT2D eigenvalue weighted by atomic mass is 9.98. The first-order valence-corrected chi connectivity index (χ1v) is 20.3. The smallest absolute Gasteiger partial charge is 0.165 e. The first-order valence-electron chi connectivity index (χ1n) is 18.7. The average molecular weight is 750 g/mol. The highest BCUT2D eigenvalue weighted by Gasteiger charge is 2.19. The monoisotopic (exact) mass is 749 g/mol. The van der Waals surface area contributed by atoms with E-state index in [0.29, 0.717) is 17.5 Å². The fraction of sp³-hybridized carbons (Fsp3) is 0. The Labute approximate surface area is 331 Å². The quantitative estimate of drug-likeness (QED) is 0.170. The van der Waals surface area contributed by atoms with Crippen molar-refractivity contribution in [1.82, 2.24) is 15.0 Å². The van der Waals surface area contributed by atoms with E-state index in [4.69, 9.17) is 15.0 Å². The molecule has 0 N–H and O–H groups in total. The molecule has 0 aliphatic carbocycles. The van der Waals surface area contributed by atoms with Crippen molar-refractivity contribution in [1.29, 1.82) is 0 Å². The topological polar surface area (TPSA) is 38.7 Å². The van der Waals surface area contributed by atoms with E-state index in [9.17, 15) is 0 Å². The summed E-state index contributed by atoms with van der Waals surface area (Å²) in [4.78, 5) is 15.7. The van der Waals surface area contributed by atoms with Crippen LogP contribution in [0, 0.1) is 0 Å². The molecule has 0 radical (unpaired) electrons. The average Bonchev–Trinajstić information content (AvgIpc) is 3.85. The van der Waals surface area contributed by atoms with E-state index in [1.165, 1.54) is 62.6 Å². The molecule has 0 spiro atoms. The van der Waals surface area contributed by atoms with Crippen molar-refractivity contribution in [2.24, 2.45) is 0 Å². The second-order valence-corrected chi connectivity index (χ2v) is 16.1. The largest absolute Gasteiger partial charge is 0.208 e. The molecule has 0 unspecified atom stereocenters. The van der Waals surface area contributed by atoms with Gasteiger partial charge in [0, 0.05) is 57.0 Å². The van der Waals surface area contributed by atoms with Crippen LogP contribution in [-0.4, -0.2) is 15.0 Å². The minimum Gasteiger partial charge on any atom is -0.208 e. The van der Waals surface area contributed by atoms with E-state index >= 15 is 0 Å². The van der Waals surface area contributed by atoms with Crippen LogP contribution in [0.3, 0.4) is 0 Å². The Balaban J connectivity index is 1.07. The van der Waals surface area contributed by atoms with E-state index in [1.54, 1.807) is 22.7 Å². The molecule has 0 amide bonds. The predicted octanol–water partition coefficient (Wildman–Crippen LogP) is 14.6. The summed E-state index contributed by atoms with van der Waals surface area (Å²) in [5, 5.41) is 4.99. The Hall–Kier alpha value is -6.79. The summed E-state index contributed by atoms with van der Waals surface area (Å²) in [6.07, 6.45) is 0. The van der Waals surface area contributed by atoms with Gasteiger partial charge in [-0.05, 0) is 63.7 Å². The number of benzene rings is 8. The Kier molecular flexibility index (Phi) is 7.87. The maximum Gasteiger partial charge on any atom is 0.165 e. The molecule has 5 heteroatoms. The number of rotatable bonds is 6. The molecule has 0 saturated heterocycles. The van der Waals surface area contributed by atoms with Crippen LogP contribution in [-0.2, 0) is 0 Å². The van der Waals surface area contributed by atoms with Gasteiger partial charge in [-0.15, -0.1) is 22.7 Å². The minimum absolute atomic E-state index is 0.647. The molecule has 0 aliphatic rings. The summed E-state index contributed by atoms with van der Waals surface area (Å²) in [6.45, 7) is 0. The van der Waals surface area contributed by atoms with Crippen LogP contribution in [0.5, 0.6) is 0 Å². The molecular weight excluding hydrogens is 719 g/mol. The van der Waals surface area contributed by atoms with Gasteiger partial charge in [0.25, 0.3) is 0 Å². The third kappa shape index (κ3) is 5.68. The summed E-state index contributed by atoms with van der Waals surface area (Å²) in [7, 11) is 0. The summed E-state index contributed by atoms with van der Waals surface area (Å²) < 4.78 is 4.90. The van der Waals surface area contributed by atoms with Crippen LogP contribution in [0.4, 0.5) is 0 Å². The summed E-state index contributed by atoms with van der Waals surface area (Å²) >= 11 is 3.60. The van der Waals surface area contributed by atoms with E-state index in [2.05, 4.69) is 188 Å². The van der Waals surface area contributed by atoms with Crippen molar-refractivity contribution >= 4 is 63.0 Å². The van der Waals surface area contributed by atoms with Gasteiger partial charge >= 0.3 is 0 Å². The lowest BCUT2D eigenvalue weighted by Gasteiger charge is -2.10.